The summed E-state index contributed by atoms with van der Waals surface area (Å²) >= 11 is 0. The number of benzene rings is 1. The minimum absolute atomic E-state index is 0.0595. The molecule has 134 valence electrons. The van der Waals surface area contributed by atoms with E-state index in [0.717, 1.165) is 12.1 Å². The number of aliphatic hydroxyl groups is 3. The predicted octanol–water partition coefficient (Wildman–Crippen LogP) is 1.32. The largest absolute Gasteiger partial charge is 0.416 e. The normalized spacial score (nSPS) is 33.5. The zero-order valence-corrected chi connectivity index (χ0v) is 12.8. The van der Waals surface area contributed by atoms with Gasteiger partial charge in [0.1, 0.15) is 6.10 Å². The minimum atomic E-state index is -4.47. The van der Waals surface area contributed by atoms with Gasteiger partial charge in [-0.1, -0.05) is 6.07 Å². The van der Waals surface area contributed by atoms with Gasteiger partial charge in [0.2, 0.25) is 5.79 Å². The highest BCUT2D eigenvalue weighted by Gasteiger charge is 2.53. The molecule has 1 spiro atoms. The Balaban J connectivity index is 2.03. The Bertz CT molecular complexity index is 606. The van der Waals surface area contributed by atoms with Gasteiger partial charge in [0.15, 0.2) is 0 Å². The highest BCUT2D eigenvalue weighted by atomic mass is 19.4. The topological polar surface area (TPSA) is 79.2 Å². The highest BCUT2D eigenvalue weighted by molar-refractivity contribution is 5.39. The summed E-state index contributed by atoms with van der Waals surface area (Å²) in [6.07, 6.45) is -7.04. The van der Waals surface area contributed by atoms with E-state index in [0.29, 0.717) is 5.56 Å². The van der Waals surface area contributed by atoms with Crippen molar-refractivity contribution < 1.29 is 38.0 Å². The second-order valence-corrected chi connectivity index (χ2v) is 6.14. The smallest absolute Gasteiger partial charge is 0.396 e. The zero-order valence-electron chi connectivity index (χ0n) is 12.8. The van der Waals surface area contributed by atoms with E-state index < -0.39 is 35.8 Å². The van der Waals surface area contributed by atoms with Crippen LogP contribution in [0.25, 0.3) is 0 Å². The molecule has 2 aliphatic heterocycles. The molecule has 0 radical (unpaired) electrons. The molecule has 0 unspecified atom stereocenters. The molecule has 0 amide bonds. The van der Waals surface area contributed by atoms with E-state index in [1.54, 1.807) is 0 Å². The van der Waals surface area contributed by atoms with Crippen molar-refractivity contribution in [1.29, 1.82) is 0 Å². The first kappa shape index (κ1) is 17.6. The molecule has 1 saturated heterocycles. The molecule has 3 N–H and O–H groups in total. The molecule has 0 bridgehead atoms. The van der Waals surface area contributed by atoms with E-state index >= 15 is 0 Å². The molecule has 0 saturated carbocycles. The molecule has 5 nitrogen and oxygen atoms in total. The lowest BCUT2D eigenvalue weighted by molar-refractivity contribution is -0.355. The average Bonchev–Trinajstić information content (AvgIpc) is 2.52. The molecule has 1 aromatic carbocycles. The monoisotopic (exact) mass is 348 g/mol. The minimum Gasteiger partial charge on any atom is -0.396 e. The van der Waals surface area contributed by atoms with E-state index in [4.69, 9.17) is 14.6 Å². The molecule has 0 aliphatic carbocycles. The van der Waals surface area contributed by atoms with Crippen molar-refractivity contribution in [3.8, 4) is 0 Å². The van der Waals surface area contributed by atoms with Gasteiger partial charge in [0, 0.05) is 18.6 Å². The van der Waals surface area contributed by atoms with Gasteiger partial charge in [0.05, 0.1) is 24.4 Å². The molecule has 2 aliphatic rings. The quantitative estimate of drug-likeness (QED) is 0.751. The Labute approximate surface area is 136 Å². The second-order valence-electron chi connectivity index (χ2n) is 6.14. The van der Waals surface area contributed by atoms with Crippen molar-refractivity contribution in [2.45, 2.75) is 49.5 Å². The van der Waals surface area contributed by atoms with Crippen molar-refractivity contribution >= 4 is 0 Å². The lowest BCUT2D eigenvalue weighted by atomic mass is 9.84. The molecular formula is C16H19F3O5. The molecule has 1 aromatic rings. The number of fused-ring (bicyclic) bond motifs is 2. The first-order valence-corrected chi connectivity index (χ1v) is 7.77. The van der Waals surface area contributed by atoms with E-state index in [2.05, 4.69) is 0 Å². The molecule has 3 rings (SSSR count). The van der Waals surface area contributed by atoms with Crippen LogP contribution in [-0.2, 0) is 27.9 Å². The standard InChI is InChI=1S/C16H19F3O5/c17-16(18,19)10-1-2-12-9(7-10)4-6-23-15(12)14(22)13(21)8-11(24-15)3-5-20/h1-2,7,11,13-14,20-22H,3-6,8H2/t11-,13+,14-,15-/m1/s1. The van der Waals surface area contributed by atoms with Crippen LogP contribution in [0.2, 0.25) is 0 Å². The zero-order chi connectivity index (χ0) is 17.5. The number of rotatable bonds is 2. The highest BCUT2D eigenvalue weighted by Crippen LogP contribution is 2.45. The Morgan fingerprint density at radius 3 is 2.67 bits per heavy atom. The van der Waals surface area contributed by atoms with Gasteiger partial charge in [-0.25, -0.2) is 0 Å². The first-order chi connectivity index (χ1) is 11.3. The van der Waals surface area contributed by atoms with Crippen LogP contribution in [0, 0.1) is 0 Å². The van der Waals surface area contributed by atoms with E-state index in [9.17, 15) is 23.4 Å². The molecule has 24 heavy (non-hydrogen) atoms. The number of aliphatic hydroxyl groups excluding tert-OH is 3. The fourth-order valence-corrected chi connectivity index (χ4v) is 3.39. The number of alkyl halides is 3. The van der Waals surface area contributed by atoms with E-state index in [-0.39, 0.29) is 38.0 Å². The summed E-state index contributed by atoms with van der Waals surface area (Å²) in [6, 6.07) is 3.17. The van der Waals surface area contributed by atoms with Gasteiger partial charge in [0.25, 0.3) is 0 Å². The van der Waals surface area contributed by atoms with Crippen LogP contribution in [0.1, 0.15) is 29.5 Å². The number of hydrogen-bond donors (Lipinski definition) is 3. The number of hydrogen-bond acceptors (Lipinski definition) is 5. The summed E-state index contributed by atoms with van der Waals surface area (Å²) < 4.78 is 50.2. The third-order valence-corrected chi connectivity index (χ3v) is 4.55. The van der Waals surface area contributed by atoms with Crippen LogP contribution in [-0.4, -0.2) is 46.8 Å². The molecular weight excluding hydrogens is 329 g/mol. The molecule has 8 heteroatoms. The summed E-state index contributed by atoms with van der Waals surface area (Å²) in [6.45, 7) is -0.118. The predicted molar refractivity (Wildman–Crippen MR) is 76.0 cm³/mol. The van der Waals surface area contributed by atoms with Gasteiger partial charge in [-0.15, -0.1) is 0 Å². The Hall–Kier alpha value is -1.19. The van der Waals surface area contributed by atoms with Gasteiger partial charge >= 0.3 is 6.18 Å². The van der Waals surface area contributed by atoms with Crippen molar-refractivity contribution in [1.82, 2.24) is 0 Å². The van der Waals surface area contributed by atoms with E-state index in [1.165, 1.54) is 6.07 Å². The van der Waals surface area contributed by atoms with Crippen molar-refractivity contribution in [2.75, 3.05) is 13.2 Å². The van der Waals surface area contributed by atoms with Crippen LogP contribution in [0.4, 0.5) is 13.2 Å². The lowest BCUT2D eigenvalue weighted by Gasteiger charge is -2.49. The third-order valence-electron chi connectivity index (χ3n) is 4.55. The second kappa shape index (κ2) is 6.27. The van der Waals surface area contributed by atoms with Gasteiger partial charge in [-0.3, -0.25) is 0 Å². The Morgan fingerprint density at radius 1 is 1.25 bits per heavy atom. The summed E-state index contributed by atoms with van der Waals surface area (Å²) in [4.78, 5) is 0. The van der Waals surface area contributed by atoms with E-state index in [1.807, 2.05) is 0 Å². The van der Waals surface area contributed by atoms with Crippen molar-refractivity contribution in [3.63, 3.8) is 0 Å². The summed E-state index contributed by atoms with van der Waals surface area (Å²) in [5, 5.41) is 29.6. The first-order valence-electron chi connectivity index (χ1n) is 7.77. The van der Waals surface area contributed by atoms with Crippen LogP contribution < -0.4 is 0 Å². The lowest BCUT2D eigenvalue weighted by Crippen LogP contribution is -2.59. The Kier molecular flexibility index (Phi) is 4.61. The van der Waals surface area contributed by atoms with Crippen LogP contribution in [0.15, 0.2) is 18.2 Å². The maximum Gasteiger partial charge on any atom is 0.416 e. The van der Waals surface area contributed by atoms with Gasteiger partial charge < -0.3 is 24.8 Å². The van der Waals surface area contributed by atoms with Crippen LogP contribution in [0.5, 0.6) is 0 Å². The number of halogens is 3. The summed E-state index contributed by atoms with van der Waals surface area (Å²) in [5.74, 6) is -1.71. The maximum absolute atomic E-state index is 12.9. The van der Waals surface area contributed by atoms with Crippen LogP contribution in [0.3, 0.4) is 0 Å². The summed E-state index contributed by atoms with van der Waals surface area (Å²) in [5.41, 5.74) is -0.126. The SMILES string of the molecule is OCC[C@@H]1C[C@H](O)[C@@H](O)[C@]2(OCCc3cc(C(F)(F)F)ccc32)O1. The fourth-order valence-electron chi connectivity index (χ4n) is 3.39. The summed E-state index contributed by atoms with van der Waals surface area (Å²) in [7, 11) is 0. The fraction of sp³-hybridized carbons (Fsp3) is 0.625. The van der Waals surface area contributed by atoms with Gasteiger partial charge in [-0.2, -0.15) is 13.2 Å². The third kappa shape index (κ3) is 2.93. The molecule has 0 aromatic heterocycles. The Morgan fingerprint density at radius 2 is 2.00 bits per heavy atom. The van der Waals surface area contributed by atoms with Crippen molar-refractivity contribution in [3.05, 3.63) is 34.9 Å². The molecule has 4 atom stereocenters. The molecule has 2 heterocycles. The van der Waals surface area contributed by atoms with Crippen molar-refractivity contribution in [2.24, 2.45) is 0 Å². The van der Waals surface area contributed by atoms with Gasteiger partial charge in [-0.05, 0) is 30.5 Å². The van der Waals surface area contributed by atoms with Crippen LogP contribution >= 0.6 is 0 Å². The number of ether oxygens (including phenoxy) is 2. The molecule has 1 fully saturated rings. The maximum atomic E-state index is 12.9. The average molecular weight is 348 g/mol.